The lowest BCUT2D eigenvalue weighted by atomic mass is 9.90. The summed E-state index contributed by atoms with van der Waals surface area (Å²) in [4.78, 5) is 39.5. The second-order valence-corrected chi connectivity index (χ2v) is 8.35. The standard InChI is InChI=1S/C18H27N3O4S/c1-7-25-16(23)13-11(4)12-14(26-13)19-9-21(15(12)22)8-18(5,6)17(24)20-10(2)3/h10,19H,7-9H2,1-6H3,(H,20,24). The van der Waals surface area contributed by atoms with Crippen molar-refractivity contribution in [3.05, 3.63) is 16.0 Å². The van der Waals surface area contributed by atoms with Gasteiger partial charge >= 0.3 is 5.97 Å². The van der Waals surface area contributed by atoms with Crippen LogP contribution in [0.4, 0.5) is 5.00 Å². The van der Waals surface area contributed by atoms with E-state index in [1.54, 1.807) is 18.7 Å². The maximum Gasteiger partial charge on any atom is 0.348 e. The van der Waals surface area contributed by atoms with Crippen LogP contribution in [0.15, 0.2) is 0 Å². The van der Waals surface area contributed by atoms with Gasteiger partial charge in [-0.3, -0.25) is 9.59 Å². The number of anilines is 1. The van der Waals surface area contributed by atoms with Crippen LogP contribution in [0.2, 0.25) is 0 Å². The van der Waals surface area contributed by atoms with E-state index in [0.29, 0.717) is 27.7 Å². The van der Waals surface area contributed by atoms with E-state index in [1.165, 1.54) is 11.3 Å². The van der Waals surface area contributed by atoms with Crippen LogP contribution >= 0.6 is 11.3 Å². The SMILES string of the molecule is CCOC(=O)c1sc2c(c1C)C(=O)N(CC(C)(C)C(=O)NC(C)C)CN2. The Hall–Kier alpha value is -2.09. The molecule has 0 saturated heterocycles. The summed E-state index contributed by atoms with van der Waals surface area (Å²) in [6.45, 7) is 11.8. The summed E-state index contributed by atoms with van der Waals surface area (Å²) in [5.74, 6) is -0.684. The molecule has 0 fully saturated rings. The van der Waals surface area contributed by atoms with E-state index < -0.39 is 11.4 Å². The Bertz CT molecular complexity index is 724. The molecule has 8 heteroatoms. The molecule has 0 aliphatic carbocycles. The predicted octanol–water partition coefficient (Wildman–Crippen LogP) is 2.61. The van der Waals surface area contributed by atoms with Crippen molar-refractivity contribution < 1.29 is 19.1 Å². The number of fused-ring (bicyclic) bond motifs is 1. The molecule has 0 bridgehead atoms. The van der Waals surface area contributed by atoms with Crippen molar-refractivity contribution >= 4 is 34.1 Å². The molecule has 1 aromatic heterocycles. The Morgan fingerprint density at radius 3 is 2.62 bits per heavy atom. The first kappa shape index (κ1) is 20.2. The summed E-state index contributed by atoms with van der Waals surface area (Å²) in [6, 6.07) is 0.0369. The highest BCUT2D eigenvalue weighted by atomic mass is 32.1. The normalized spacial score (nSPS) is 14.1. The van der Waals surface area contributed by atoms with Crippen LogP contribution < -0.4 is 10.6 Å². The van der Waals surface area contributed by atoms with E-state index >= 15 is 0 Å². The van der Waals surface area contributed by atoms with Crippen molar-refractivity contribution in [1.29, 1.82) is 0 Å². The molecule has 2 amide bonds. The number of thiophene rings is 1. The van der Waals surface area contributed by atoms with Crippen LogP contribution in [0.5, 0.6) is 0 Å². The van der Waals surface area contributed by atoms with E-state index in [-0.39, 0.29) is 31.0 Å². The predicted molar refractivity (Wildman–Crippen MR) is 102 cm³/mol. The molecule has 1 aromatic rings. The van der Waals surface area contributed by atoms with Crippen LogP contribution in [-0.4, -0.2) is 48.5 Å². The number of ether oxygens (including phenoxy) is 1. The molecule has 1 aliphatic heterocycles. The number of nitrogens with one attached hydrogen (secondary N) is 2. The fourth-order valence-corrected chi connectivity index (χ4v) is 3.90. The number of hydrogen-bond acceptors (Lipinski definition) is 6. The Labute approximate surface area is 158 Å². The molecule has 2 heterocycles. The average Bonchev–Trinajstić information content (AvgIpc) is 2.87. The minimum Gasteiger partial charge on any atom is -0.462 e. The van der Waals surface area contributed by atoms with Gasteiger partial charge in [-0.15, -0.1) is 11.3 Å². The molecule has 0 saturated carbocycles. The maximum atomic E-state index is 13.0. The third kappa shape index (κ3) is 4.00. The fourth-order valence-electron chi connectivity index (χ4n) is 2.82. The van der Waals surface area contributed by atoms with Crippen molar-refractivity contribution in [2.45, 2.75) is 47.6 Å². The molecule has 1 aliphatic rings. The monoisotopic (exact) mass is 381 g/mol. The van der Waals surface area contributed by atoms with E-state index in [9.17, 15) is 14.4 Å². The summed E-state index contributed by atoms with van der Waals surface area (Å²) in [7, 11) is 0. The van der Waals surface area contributed by atoms with Crippen molar-refractivity contribution in [2.75, 3.05) is 25.1 Å². The van der Waals surface area contributed by atoms with E-state index in [0.717, 1.165) is 0 Å². The number of amides is 2. The molecule has 0 radical (unpaired) electrons. The van der Waals surface area contributed by atoms with Crippen LogP contribution in [0.1, 0.15) is 60.2 Å². The minimum atomic E-state index is -0.729. The molecule has 26 heavy (non-hydrogen) atoms. The average molecular weight is 381 g/mol. The minimum absolute atomic E-state index is 0.0369. The topological polar surface area (TPSA) is 87.7 Å². The van der Waals surface area contributed by atoms with Crippen molar-refractivity contribution in [3.63, 3.8) is 0 Å². The highest BCUT2D eigenvalue weighted by molar-refractivity contribution is 7.18. The van der Waals surface area contributed by atoms with E-state index in [2.05, 4.69) is 10.6 Å². The first-order chi connectivity index (χ1) is 12.1. The highest BCUT2D eigenvalue weighted by Gasteiger charge is 2.37. The van der Waals surface area contributed by atoms with Gasteiger partial charge in [-0.2, -0.15) is 0 Å². The van der Waals surface area contributed by atoms with Crippen LogP contribution in [0, 0.1) is 12.3 Å². The fraction of sp³-hybridized carbons (Fsp3) is 0.611. The van der Waals surface area contributed by atoms with Gasteiger partial charge in [0, 0.05) is 12.6 Å². The number of rotatable bonds is 6. The zero-order valence-electron chi connectivity index (χ0n) is 16.2. The number of carbonyl (C=O) groups excluding carboxylic acids is 3. The number of nitrogens with zero attached hydrogens (tertiary/aromatic N) is 1. The summed E-state index contributed by atoms with van der Waals surface area (Å²) >= 11 is 1.24. The van der Waals surface area contributed by atoms with Gasteiger partial charge in [-0.25, -0.2) is 4.79 Å². The van der Waals surface area contributed by atoms with Crippen molar-refractivity contribution in [2.24, 2.45) is 5.41 Å². The Morgan fingerprint density at radius 2 is 2.04 bits per heavy atom. The maximum absolute atomic E-state index is 13.0. The van der Waals surface area contributed by atoms with Gasteiger partial charge < -0.3 is 20.3 Å². The quantitative estimate of drug-likeness (QED) is 0.740. The van der Waals surface area contributed by atoms with Gasteiger partial charge in [0.15, 0.2) is 0 Å². The Morgan fingerprint density at radius 1 is 1.38 bits per heavy atom. The third-order valence-corrected chi connectivity index (χ3v) is 5.39. The summed E-state index contributed by atoms with van der Waals surface area (Å²) in [6.07, 6.45) is 0. The summed E-state index contributed by atoms with van der Waals surface area (Å²) in [5.41, 5.74) is 0.381. The largest absolute Gasteiger partial charge is 0.462 e. The smallest absolute Gasteiger partial charge is 0.348 e. The summed E-state index contributed by atoms with van der Waals surface area (Å²) in [5, 5.41) is 6.76. The lowest BCUT2D eigenvalue weighted by Crippen LogP contribution is -2.50. The first-order valence-electron chi connectivity index (χ1n) is 8.73. The van der Waals surface area contributed by atoms with Gasteiger partial charge in [0.05, 0.1) is 24.3 Å². The Kier molecular flexibility index (Phi) is 5.95. The second-order valence-electron chi connectivity index (χ2n) is 7.33. The molecule has 2 N–H and O–H groups in total. The highest BCUT2D eigenvalue weighted by Crippen LogP contribution is 2.37. The third-order valence-electron chi connectivity index (χ3n) is 4.16. The van der Waals surface area contributed by atoms with Crippen molar-refractivity contribution in [1.82, 2.24) is 10.2 Å². The van der Waals surface area contributed by atoms with Gasteiger partial charge in [-0.1, -0.05) is 0 Å². The summed E-state index contributed by atoms with van der Waals surface area (Å²) < 4.78 is 5.06. The molecule has 0 unspecified atom stereocenters. The van der Waals surface area contributed by atoms with Gasteiger partial charge in [0.2, 0.25) is 5.91 Å². The van der Waals surface area contributed by atoms with Crippen LogP contribution in [-0.2, 0) is 9.53 Å². The number of hydrogen-bond donors (Lipinski definition) is 2. The number of carbonyl (C=O) groups is 3. The lowest BCUT2D eigenvalue weighted by molar-refractivity contribution is -0.130. The second kappa shape index (κ2) is 7.65. The molecule has 0 atom stereocenters. The zero-order chi connectivity index (χ0) is 19.6. The van der Waals surface area contributed by atoms with Crippen LogP contribution in [0.25, 0.3) is 0 Å². The van der Waals surface area contributed by atoms with E-state index in [1.807, 2.05) is 27.7 Å². The van der Waals surface area contributed by atoms with Gasteiger partial charge in [0.25, 0.3) is 5.91 Å². The molecule has 144 valence electrons. The molecular formula is C18H27N3O4S. The lowest BCUT2D eigenvalue weighted by Gasteiger charge is -2.35. The molecule has 7 nitrogen and oxygen atoms in total. The molecule has 2 rings (SSSR count). The molecule has 0 aromatic carbocycles. The van der Waals surface area contributed by atoms with Gasteiger partial charge in [-0.05, 0) is 47.1 Å². The van der Waals surface area contributed by atoms with E-state index in [4.69, 9.17) is 4.74 Å². The zero-order valence-corrected chi connectivity index (χ0v) is 17.0. The molecular weight excluding hydrogens is 354 g/mol. The molecule has 0 spiro atoms. The van der Waals surface area contributed by atoms with Crippen molar-refractivity contribution in [3.8, 4) is 0 Å². The Balaban J connectivity index is 2.22. The van der Waals surface area contributed by atoms with Gasteiger partial charge in [0.1, 0.15) is 9.88 Å². The number of esters is 1. The van der Waals surface area contributed by atoms with Crippen LogP contribution in [0.3, 0.4) is 0 Å². The first-order valence-corrected chi connectivity index (χ1v) is 9.54.